The monoisotopic (exact) mass is 242 g/mol. The highest BCUT2D eigenvalue weighted by Crippen LogP contribution is 2.23. The van der Waals surface area contributed by atoms with Crippen LogP contribution in [0.5, 0.6) is 5.75 Å². The molecular formula is C10H8F2N2O3. The second-order valence-electron chi connectivity index (χ2n) is 3.00. The van der Waals surface area contributed by atoms with Crippen LogP contribution in [0.4, 0.5) is 8.78 Å². The predicted molar refractivity (Wildman–Crippen MR) is 52.6 cm³/mol. The lowest BCUT2D eigenvalue weighted by atomic mass is 10.0. The molecule has 0 spiro atoms. The molecule has 0 aromatic heterocycles. The number of rotatable bonds is 4. The molecule has 1 aromatic carbocycles. The van der Waals surface area contributed by atoms with Gasteiger partial charge in [-0.1, -0.05) is 0 Å². The van der Waals surface area contributed by atoms with Gasteiger partial charge in [0, 0.05) is 6.54 Å². The van der Waals surface area contributed by atoms with E-state index < -0.39 is 12.6 Å². The minimum Gasteiger partial charge on any atom is -0.478 e. The maximum atomic E-state index is 12.0. The van der Waals surface area contributed by atoms with Crippen LogP contribution in [0.3, 0.4) is 0 Å². The summed E-state index contributed by atoms with van der Waals surface area (Å²) in [5.74, 6) is -1.74. The summed E-state index contributed by atoms with van der Waals surface area (Å²) in [6.45, 7) is -3.27. The Morgan fingerprint density at radius 1 is 1.59 bits per heavy atom. The van der Waals surface area contributed by atoms with Gasteiger partial charge in [-0.05, 0) is 17.7 Å². The maximum Gasteiger partial charge on any atom is 0.387 e. The lowest BCUT2D eigenvalue weighted by Gasteiger charge is -2.10. The highest BCUT2D eigenvalue weighted by Gasteiger charge is 2.17. The minimum absolute atomic E-state index is 0.0848. The number of carboxylic acid groups (broad SMARTS) is 1. The zero-order valence-electron chi connectivity index (χ0n) is 8.48. The Labute approximate surface area is 95.0 Å². The van der Waals surface area contributed by atoms with Gasteiger partial charge in [-0.25, -0.2) is 4.79 Å². The van der Waals surface area contributed by atoms with Crippen molar-refractivity contribution < 1.29 is 23.4 Å². The molecule has 0 saturated carbocycles. The molecule has 5 nitrogen and oxygen atoms in total. The molecule has 0 heterocycles. The molecule has 0 radical (unpaired) electrons. The lowest BCUT2D eigenvalue weighted by molar-refractivity contribution is -0.0499. The van der Waals surface area contributed by atoms with Crippen molar-refractivity contribution in [2.24, 2.45) is 5.73 Å². The predicted octanol–water partition coefficient (Wildman–Crippen LogP) is 1.32. The molecule has 1 rings (SSSR count). The molecule has 0 bridgehead atoms. The van der Waals surface area contributed by atoms with E-state index in [0.29, 0.717) is 0 Å². The van der Waals surface area contributed by atoms with Crippen LogP contribution < -0.4 is 10.5 Å². The first kappa shape index (κ1) is 12.9. The first-order chi connectivity index (χ1) is 7.99. The fourth-order valence-corrected chi connectivity index (χ4v) is 1.33. The summed E-state index contributed by atoms with van der Waals surface area (Å²) in [5.41, 5.74) is 4.99. The van der Waals surface area contributed by atoms with Crippen LogP contribution >= 0.6 is 0 Å². The molecule has 1 aromatic rings. The molecule has 7 heteroatoms. The molecule has 0 atom stereocenters. The topological polar surface area (TPSA) is 96.3 Å². The molecule has 0 amide bonds. The van der Waals surface area contributed by atoms with Crippen LogP contribution in [0.15, 0.2) is 12.1 Å². The Bertz CT molecular complexity index is 483. The van der Waals surface area contributed by atoms with Crippen molar-refractivity contribution in [3.05, 3.63) is 28.8 Å². The normalized spacial score (nSPS) is 10.1. The Morgan fingerprint density at radius 2 is 2.24 bits per heavy atom. The fourth-order valence-electron chi connectivity index (χ4n) is 1.33. The summed E-state index contributed by atoms with van der Waals surface area (Å²) in [6.07, 6.45) is 0. The third-order valence-electron chi connectivity index (χ3n) is 2.00. The van der Waals surface area contributed by atoms with E-state index in [0.717, 1.165) is 12.1 Å². The van der Waals surface area contributed by atoms with Gasteiger partial charge in [0.2, 0.25) is 0 Å². The highest BCUT2D eigenvalue weighted by atomic mass is 19.3. The van der Waals surface area contributed by atoms with Gasteiger partial charge < -0.3 is 15.6 Å². The van der Waals surface area contributed by atoms with Crippen molar-refractivity contribution >= 4 is 5.97 Å². The van der Waals surface area contributed by atoms with E-state index in [4.69, 9.17) is 16.1 Å². The average molecular weight is 242 g/mol. The van der Waals surface area contributed by atoms with E-state index in [1.165, 1.54) is 0 Å². The highest BCUT2D eigenvalue weighted by molar-refractivity contribution is 5.90. The van der Waals surface area contributed by atoms with Crippen LogP contribution in [0.2, 0.25) is 0 Å². The van der Waals surface area contributed by atoms with Crippen LogP contribution in [0.1, 0.15) is 21.5 Å². The van der Waals surface area contributed by atoms with Gasteiger partial charge in [-0.2, -0.15) is 14.0 Å². The quantitative estimate of drug-likeness (QED) is 0.829. The van der Waals surface area contributed by atoms with Gasteiger partial charge in [0.1, 0.15) is 5.75 Å². The number of benzene rings is 1. The van der Waals surface area contributed by atoms with E-state index in [1.54, 1.807) is 6.07 Å². The van der Waals surface area contributed by atoms with Gasteiger partial charge >= 0.3 is 12.6 Å². The van der Waals surface area contributed by atoms with Gasteiger partial charge in [0.25, 0.3) is 0 Å². The average Bonchev–Trinajstić information content (AvgIpc) is 2.26. The standard InChI is InChI=1S/C10H8F2N2O3/c11-10(12)17-6-1-5(3-13)8(4-14)7(2-6)9(15)16/h1-2,10H,4,14H2,(H,15,16). The molecule has 0 unspecified atom stereocenters. The Balaban J connectivity index is 3.36. The van der Waals surface area contributed by atoms with Gasteiger partial charge in [-0.3, -0.25) is 0 Å². The molecular weight excluding hydrogens is 234 g/mol. The number of aromatic carboxylic acids is 1. The summed E-state index contributed by atoms with van der Waals surface area (Å²) in [4.78, 5) is 10.9. The van der Waals surface area contributed by atoms with Crippen molar-refractivity contribution in [3.63, 3.8) is 0 Å². The third-order valence-corrected chi connectivity index (χ3v) is 2.00. The molecule has 0 saturated heterocycles. The van der Waals surface area contributed by atoms with Crippen LogP contribution in [-0.4, -0.2) is 17.7 Å². The third kappa shape index (κ3) is 2.89. The summed E-state index contributed by atoms with van der Waals surface area (Å²) >= 11 is 0. The SMILES string of the molecule is N#Cc1cc(OC(F)F)cc(C(=O)O)c1CN. The van der Waals surface area contributed by atoms with Crippen molar-refractivity contribution in [1.29, 1.82) is 5.26 Å². The number of nitrogens with two attached hydrogens (primary N) is 1. The number of carboxylic acids is 1. The molecule has 17 heavy (non-hydrogen) atoms. The van der Waals surface area contributed by atoms with Crippen molar-refractivity contribution in [2.75, 3.05) is 0 Å². The Hall–Kier alpha value is -2.20. The number of halogens is 2. The lowest BCUT2D eigenvalue weighted by Crippen LogP contribution is -2.11. The second-order valence-corrected chi connectivity index (χ2v) is 3.00. The molecule has 0 fully saturated rings. The van der Waals surface area contributed by atoms with E-state index in [1.807, 2.05) is 0 Å². The van der Waals surface area contributed by atoms with Crippen LogP contribution in [-0.2, 0) is 6.54 Å². The van der Waals surface area contributed by atoms with Crippen LogP contribution in [0, 0.1) is 11.3 Å². The number of hydrogen-bond acceptors (Lipinski definition) is 4. The van der Waals surface area contributed by atoms with Crippen molar-refractivity contribution in [2.45, 2.75) is 13.2 Å². The van der Waals surface area contributed by atoms with Gasteiger partial charge in [-0.15, -0.1) is 0 Å². The summed E-state index contributed by atoms with van der Waals surface area (Å²) < 4.78 is 28.0. The van der Waals surface area contributed by atoms with Gasteiger partial charge in [0.05, 0.1) is 17.2 Å². The number of alkyl halides is 2. The Kier molecular flexibility index (Phi) is 3.96. The van der Waals surface area contributed by atoms with E-state index >= 15 is 0 Å². The van der Waals surface area contributed by atoms with Crippen molar-refractivity contribution in [1.82, 2.24) is 0 Å². The number of carbonyl (C=O) groups is 1. The zero-order valence-corrected chi connectivity index (χ0v) is 8.48. The summed E-state index contributed by atoms with van der Waals surface area (Å²) in [5, 5.41) is 17.6. The molecule has 0 aliphatic rings. The van der Waals surface area contributed by atoms with Crippen LogP contribution in [0.25, 0.3) is 0 Å². The van der Waals surface area contributed by atoms with Crippen molar-refractivity contribution in [3.8, 4) is 11.8 Å². The molecule has 0 aliphatic carbocycles. The number of ether oxygens (including phenoxy) is 1. The maximum absolute atomic E-state index is 12.0. The fraction of sp³-hybridized carbons (Fsp3) is 0.200. The first-order valence-electron chi connectivity index (χ1n) is 4.44. The molecule has 90 valence electrons. The molecule has 3 N–H and O–H groups in total. The molecule has 0 aliphatic heterocycles. The smallest absolute Gasteiger partial charge is 0.387 e. The number of hydrogen-bond donors (Lipinski definition) is 2. The van der Waals surface area contributed by atoms with E-state index in [-0.39, 0.29) is 29.0 Å². The minimum atomic E-state index is -3.09. The number of nitrogens with zero attached hydrogens (tertiary/aromatic N) is 1. The van der Waals surface area contributed by atoms with E-state index in [9.17, 15) is 13.6 Å². The zero-order chi connectivity index (χ0) is 13.0. The van der Waals surface area contributed by atoms with E-state index in [2.05, 4.69) is 4.74 Å². The summed E-state index contributed by atoms with van der Waals surface area (Å²) in [7, 11) is 0. The first-order valence-corrected chi connectivity index (χ1v) is 4.44. The second kappa shape index (κ2) is 5.23. The number of nitriles is 1. The van der Waals surface area contributed by atoms with Gasteiger partial charge in [0.15, 0.2) is 0 Å². The largest absolute Gasteiger partial charge is 0.478 e. The Morgan fingerprint density at radius 3 is 2.65 bits per heavy atom. The summed E-state index contributed by atoms with van der Waals surface area (Å²) in [6, 6.07) is 3.63.